The zero-order valence-electron chi connectivity index (χ0n) is 16.3. The third kappa shape index (κ3) is 4.25. The lowest BCUT2D eigenvalue weighted by atomic mass is 9.77. The second kappa shape index (κ2) is 8.50. The standard InChI is InChI=1S/C19H13Cl2F4N5O3/c20-10-1-9(2-11(21)14(10)22)18(19(23,24)25)3-12(28-7-18)15-26-4-8(5-27-15)16(31)29-13-6-33-30-17(13)32/h1-2,4-5,13H,3,6-7H2,(H,29,31)(H,30,32). The molecule has 0 saturated carbocycles. The van der Waals surface area contributed by atoms with Crippen LogP contribution in [0.5, 0.6) is 0 Å². The van der Waals surface area contributed by atoms with E-state index in [1.54, 1.807) is 0 Å². The third-order valence-corrected chi connectivity index (χ3v) is 5.85. The molecule has 1 fully saturated rings. The summed E-state index contributed by atoms with van der Waals surface area (Å²) in [7, 11) is 0. The summed E-state index contributed by atoms with van der Waals surface area (Å²) in [5.41, 5.74) is -0.824. The van der Waals surface area contributed by atoms with Crippen molar-refractivity contribution in [1.29, 1.82) is 0 Å². The van der Waals surface area contributed by atoms with Crippen molar-refractivity contribution >= 4 is 40.7 Å². The highest BCUT2D eigenvalue weighted by Crippen LogP contribution is 2.48. The van der Waals surface area contributed by atoms with Crippen LogP contribution in [0.1, 0.15) is 28.2 Å². The molecular formula is C19H13Cl2F4N5O3. The van der Waals surface area contributed by atoms with Crippen LogP contribution in [0, 0.1) is 5.82 Å². The molecule has 2 aliphatic rings. The van der Waals surface area contributed by atoms with Crippen molar-refractivity contribution in [3.05, 3.63) is 57.3 Å². The summed E-state index contributed by atoms with van der Waals surface area (Å²) in [6.45, 7) is -0.760. The highest BCUT2D eigenvalue weighted by atomic mass is 35.5. The summed E-state index contributed by atoms with van der Waals surface area (Å²) in [4.78, 5) is 40.3. The van der Waals surface area contributed by atoms with E-state index in [1.165, 1.54) is 0 Å². The number of hydroxylamine groups is 1. The van der Waals surface area contributed by atoms with Crippen molar-refractivity contribution < 1.29 is 32.0 Å². The van der Waals surface area contributed by atoms with Gasteiger partial charge < -0.3 is 5.32 Å². The van der Waals surface area contributed by atoms with Crippen LogP contribution in [0.2, 0.25) is 10.0 Å². The van der Waals surface area contributed by atoms with Gasteiger partial charge in [0.25, 0.3) is 11.8 Å². The number of alkyl halides is 3. The Morgan fingerprint density at radius 3 is 2.39 bits per heavy atom. The second-order valence-electron chi connectivity index (χ2n) is 7.37. The molecule has 0 bridgehead atoms. The molecule has 1 aromatic heterocycles. The minimum Gasteiger partial charge on any atom is -0.338 e. The molecule has 2 unspecified atom stereocenters. The highest BCUT2D eigenvalue weighted by Gasteiger charge is 2.59. The minimum absolute atomic E-state index is 0.0174. The van der Waals surface area contributed by atoms with E-state index in [4.69, 9.17) is 28.0 Å². The van der Waals surface area contributed by atoms with Crippen LogP contribution in [0.25, 0.3) is 0 Å². The molecule has 4 rings (SSSR count). The molecule has 1 saturated heterocycles. The van der Waals surface area contributed by atoms with Crippen molar-refractivity contribution in [2.45, 2.75) is 24.1 Å². The number of nitrogens with zero attached hydrogens (tertiary/aromatic N) is 3. The SMILES string of the molecule is O=C(NC1CONC1=O)c1cnc(C2=NCC(c3cc(Cl)c(F)c(Cl)c3)(C(F)(F)F)C2)nc1. The fraction of sp³-hybridized carbons (Fsp3) is 0.316. The van der Waals surface area contributed by atoms with Gasteiger partial charge in [0.2, 0.25) is 0 Å². The summed E-state index contributed by atoms with van der Waals surface area (Å²) in [5.74, 6) is -2.32. The molecule has 2 atom stereocenters. The molecule has 2 N–H and O–H groups in total. The van der Waals surface area contributed by atoms with E-state index < -0.39 is 58.3 Å². The Bertz CT molecular complexity index is 1140. The average molecular weight is 506 g/mol. The Hall–Kier alpha value is -2.83. The van der Waals surface area contributed by atoms with Crippen molar-refractivity contribution in [3.63, 3.8) is 0 Å². The van der Waals surface area contributed by atoms with Crippen molar-refractivity contribution in [2.24, 2.45) is 4.99 Å². The molecule has 8 nitrogen and oxygen atoms in total. The lowest BCUT2D eigenvalue weighted by molar-refractivity contribution is -0.183. The zero-order chi connectivity index (χ0) is 24.0. The van der Waals surface area contributed by atoms with Gasteiger partial charge in [-0.15, -0.1) is 0 Å². The molecule has 0 spiro atoms. The van der Waals surface area contributed by atoms with Gasteiger partial charge in [0.15, 0.2) is 11.6 Å². The summed E-state index contributed by atoms with van der Waals surface area (Å²) in [6, 6.07) is 0.871. The summed E-state index contributed by atoms with van der Waals surface area (Å²) >= 11 is 11.4. The predicted molar refractivity (Wildman–Crippen MR) is 108 cm³/mol. The Kier molecular flexibility index (Phi) is 6.01. The summed E-state index contributed by atoms with van der Waals surface area (Å²) in [6.07, 6.45) is -3.20. The first-order valence-corrected chi connectivity index (χ1v) is 10.1. The molecular weight excluding hydrogens is 493 g/mol. The van der Waals surface area contributed by atoms with E-state index in [2.05, 4.69) is 25.8 Å². The quantitative estimate of drug-likeness (QED) is 0.491. The summed E-state index contributed by atoms with van der Waals surface area (Å²) in [5, 5.41) is 1.33. The molecule has 2 aliphatic heterocycles. The van der Waals surface area contributed by atoms with E-state index in [9.17, 15) is 27.2 Å². The lowest BCUT2D eigenvalue weighted by Crippen LogP contribution is -2.44. The molecule has 1 aromatic carbocycles. The van der Waals surface area contributed by atoms with Gasteiger partial charge in [-0.05, 0) is 17.7 Å². The fourth-order valence-corrected chi connectivity index (χ4v) is 3.93. The number of halogens is 6. The monoisotopic (exact) mass is 505 g/mol. The van der Waals surface area contributed by atoms with E-state index in [1.807, 2.05) is 0 Å². The van der Waals surface area contributed by atoms with Gasteiger partial charge in [-0.2, -0.15) is 13.2 Å². The van der Waals surface area contributed by atoms with Crippen LogP contribution in [-0.2, 0) is 15.0 Å². The first kappa shape index (κ1) is 23.3. The highest BCUT2D eigenvalue weighted by molar-refractivity contribution is 6.35. The third-order valence-electron chi connectivity index (χ3n) is 5.30. The molecule has 174 valence electrons. The normalized spacial score (nSPS) is 22.8. The van der Waals surface area contributed by atoms with E-state index in [-0.39, 0.29) is 29.3 Å². The number of rotatable bonds is 4. The maximum absolute atomic E-state index is 14.2. The van der Waals surface area contributed by atoms with Crippen LogP contribution < -0.4 is 10.8 Å². The first-order valence-electron chi connectivity index (χ1n) is 9.32. The Labute approximate surface area is 193 Å². The smallest absolute Gasteiger partial charge is 0.338 e. The lowest BCUT2D eigenvalue weighted by Gasteiger charge is -2.31. The van der Waals surface area contributed by atoms with Gasteiger partial charge >= 0.3 is 6.18 Å². The van der Waals surface area contributed by atoms with Crippen LogP contribution in [0.15, 0.2) is 29.5 Å². The number of aliphatic imine (C=N–C) groups is 1. The van der Waals surface area contributed by atoms with Crippen LogP contribution in [0.3, 0.4) is 0 Å². The van der Waals surface area contributed by atoms with Crippen molar-refractivity contribution in [3.8, 4) is 0 Å². The number of hydrogen-bond donors (Lipinski definition) is 2. The average Bonchev–Trinajstić information content (AvgIpc) is 3.39. The van der Waals surface area contributed by atoms with Gasteiger partial charge in [-0.3, -0.25) is 19.4 Å². The molecule has 2 aromatic rings. The maximum atomic E-state index is 14.2. The Morgan fingerprint density at radius 2 is 1.85 bits per heavy atom. The first-order chi connectivity index (χ1) is 15.5. The fourth-order valence-electron chi connectivity index (χ4n) is 3.44. The van der Waals surface area contributed by atoms with Gasteiger partial charge in [0.1, 0.15) is 18.1 Å². The second-order valence-corrected chi connectivity index (χ2v) is 8.19. The maximum Gasteiger partial charge on any atom is 0.400 e. The Morgan fingerprint density at radius 1 is 1.21 bits per heavy atom. The van der Waals surface area contributed by atoms with Crippen molar-refractivity contribution in [1.82, 2.24) is 20.8 Å². The minimum atomic E-state index is -4.77. The number of hydrogen-bond acceptors (Lipinski definition) is 6. The molecule has 3 heterocycles. The van der Waals surface area contributed by atoms with E-state index in [0.717, 1.165) is 24.5 Å². The van der Waals surface area contributed by atoms with Crippen LogP contribution in [-0.4, -0.2) is 52.9 Å². The number of carbonyl (C=O) groups excluding carboxylic acids is 2. The van der Waals surface area contributed by atoms with E-state index >= 15 is 0 Å². The summed E-state index contributed by atoms with van der Waals surface area (Å²) < 4.78 is 56.2. The van der Waals surface area contributed by atoms with E-state index in [0.29, 0.717) is 0 Å². The number of carbonyl (C=O) groups is 2. The number of nitrogens with one attached hydrogen (secondary N) is 2. The largest absolute Gasteiger partial charge is 0.400 e. The Balaban J connectivity index is 1.56. The van der Waals surface area contributed by atoms with Crippen LogP contribution in [0.4, 0.5) is 17.6 Å². The number of aromatic nitrogens is 2. The van der Waals surface area contributed by atoms with Crippen LogP contribution >= 0.6 is 23.2 Å². The van der Waals surface area contributed by atoms with Gasteiger partial charge in [0.05, 0.1) is 27.9 Å². The molecule has 14 heteroatoms. The van der Waals surface area contributed by atoms with Gasteiger partial charge in [-0.1, -0.05) is 23.2 Å². The van der Waals surface area contributed by atoms with Crippen molar-refractivity contribution in [2.75, 3.05) is 13.2 Å². The van der Waals surface area contributed by atoms with Gasteiger partial charge in [0, 0.05) is 18.8 Å². The molecule has 2 amide bonds. The predicted octanol–water partition coefficient (Wildman–Crippen LogP) is 2.78. The zero-order valence-corrected chi connectivity index (χ0v) is 17.9. The topological polar surface area (TPSA) is 106 Å². The number of benzene rings is 1. The molecule has 0 aliphatic carbocycles. The van der Waals surface area contributed by atoms with Gasteiger partial charge in [-0.25, -0.2) is 19.8 Å². The number of amides is 2. The molecule has 33 heavy (non-hydrogen) atoms. The molecule has 0 radical (unpaired) electrons.